The SMILES string of the molecule is Cc1ccc(C(O)(C(=O)OC2CCN(CCCN(N)c3c(N)cc(CNCCc4ccc(N=O)c5[nH]c(=O)ccc45)c4c3CCC4)CC2)c2ccc(Cl)s2)s1. The van der Waals surface area contributed by atoms with Gasteiger partial charge in [0.05, 0.1) is 31.0 Å². The topological polar surface area (TPSA) is 179 Å². The van der Waals surface area contributed by atoms with Crippen molar-refractivity contribution in [3.8, 4) is 0 Å². The summed E-state index contributed by atoms with van der Waals surface area (Å²) < 4.78 is 6.46. The zero-order valence-electron chi connectivity index (χ0n) is 30.7. The molecule has 12 nitrogen and oxygen atoms in total. The lowest BCUT2D eigenvalue weighted by molar-refractivity contribution is -0.169. The van der Waals surface area contributed by atoms with Crippen LogP contribution >= 0.6 is 34.3 Å². The van der Waals surface area contributed by atoms with Crippen LogP contribution in [0.1, 0.15) is 62.6 Å². The van der Waals surface area contributed by atoms with Crippen molar-refractivity contribution in [3.05, 3.63) is 111 Å². The third-order valence-electron chi connectivity index (χ3n) is 10.7. The molecule has 1 fully saturated rings. The number of likely N-dealkylation sites (tertiary alicyclic amines) is 1. The lowest BCUT2D eigenvalue weighted by Gasteiger charge is -2.34. The van der Waals surface area contributed by atoms with Gasteiger partial charge in [0.15, 0.2) is 0 Å². The summed E-state index contributed by atoms with van der Waals surface area (Å²) >= 11 is 8.74. The fraction of sp³-hybridized carbons (Fsp3) is 0.400. The average Bonchev–Trinajstić information content (AvgIpc) is 3.95. The molecule has 290 valence electrons. The van der Waals surface area contributed by atoms with E-state index in [0.29, 0.717) is 64.2 Å². The molecular weight excluding hydrogens is 758 g/mol. The maximum absolute atomic E-state index is 13.6. The van der Waals surface area contributed by atoms with Gasteiger partial charge >= 0.3 is 5.97 Å². The lowest BCUT2D eigenvalue weighted by atomic mass is 9.99. The highest BCUT2D eigenvalue weighted by molar-refractivity contribution is 7.17. The first kappa shape index (κ1) is 39.1. The number of pyridine rings is 1. The molecule has 0 saturated carbocycles. The first-order valence-corrected chi connectivity index (χ1v) is 20.7. The molecule has 1 aliphatic heterocycles. The predicted molar refractivity (Wildman–Crippen MR) is 221 cm³/mol. The normalized spacial score (nSPS) is 15.9. The molecule has 0 amide bonds. The van der Waals surface area contributed by atoms with Crippen molar-refractivity contribution < 1.29 is 14.6 Å². The van der Waals surface area contributed by atoms with Gasteiger partial charge in [-0.05, 0) is 135 Å². The van der Waals surface area contributed by atoms with Crippen LogP contribution in [0.3, 0.4) is 0 Å². The minimum Gasteiger partial charge on any atom is -0.460 e. The number of hydrogen-bond acceptors (Lipinski definition) is 13. The third-order valence-corrected chi connectivity index (χ3v) is 13.2. The number of carbonyl (C=O) groups is 1. The van der Waals surface area contributed by atoms with Crippen LogP contribution in [-0.2, 0) is 40.9 Å². The molecule has 15 heteroatoms. The van der Waals surface area contributed by atoms with Crippen LogP contribution in [0.2, 0.25) is 4.34 Å². The Balaban J connectivity index is 0.897. The molecular formula is C40H46ClN7O5S2. The van der Waals surface area contributed by atoms with Gasteiger partial charge in [-0.1, -0.05) is 17.7 Å². The standard InChI is InChI=1S/C40H46ClN7O5S2/c1-24-6-10-33(54-24)40(51,34-11-12-35(41)55-34)39(50)53-27-15-20-47(21-16-27)18-3-19-48(43)38-30-5-2-4-28(30)26(22-31(38)42)23-44-17-14-25-7-9-32(46-52)37-29(25)8-13-36(49)45-37/h6-13,22,27,44,51H,2-5,14-21,23,42-43H2,1H3,(H,45,49). The van der Waals surface area contributed by atoms with Crippen LogP contribution in [0.15, 0.2) is 64.6 Å². The van der Waals surface area contributed by atoms with Crippen molar-refractivity contribution >= 4 is 68.2 Å². The number of esters is 1. The molecule has 2 aromatic carbocycles. The molecule has 0 spiro atoms. The number of anilines is 2. The van der Waals surface area contributed by atoms with Crippen LogP contribution in [0.5, 0.6) is 0 Å². The second-order valence-corrected chi connectivity index (χ2v) is 17.4. The first-order valence-electron chi connectivity index (χ1n) is 18.7. The Bertz CT molecular complexity index is 2210. The highest BCUT2D eigenvalue weighted by atomic mass is 35.5. The Morgan fingerprint density at radius 2 is 1.85 bits per heavy atom. The van der Waals surface area contributed by atoms with Crippen LogP contribution in [-0.4, -0.2) is 59.8 Å². The van der Waals surface area contributed by atoms with E-state index in [9.17, 15) is 19.6 Å². The zero-order chi connectivity index (χ0) is 38.7. The number of hydrazine groups is 1. The van der Waals surface area contributed by atoms with E-state index in [4.69, 9.17) is 27.9 Å². The van der Waals surface area contributed by atoms with E-state index in [1.54, 1.807) is 30.3 Å². The molecule has 1 unspecified atom stereocenters. The van der Waals surface area contributed by atoms with Gasteiger partial charge in [-0.2, -0.15) is 0 Å². The molecule has 1 aliphatic carbocycles. The number of nitrogens with zero attached hydrogens (tertiary/aromatic N) is 3. The second-order valence-electron chi connectivity index (χ2n) is 14.4. The number of nitrogen functional groups attached to an aromatic ring is 1. The predicted octanol–water partition coefficient (Wildman–Crippen LogP) is 6.43. The molecule has 1 atom stereocenters. The number of aryl methyl sites for hydroxylation is 1. The maximum Gasteiger partial charge on any atom is 0.349 e. The zero-order valence-corrected chi connectivity index (χ0v) is 33.1. The van der Waals surface area contributed by atoms with E-state index >= 15 is 0 Å². The quantitative estimate of drug-likeness (QED) is 0.0198. The van der Waals surface area contributed by atoms with Crippen molar-refractivity contribution in [1.82, 2.24) is 15.2 Å². The Morgan fingerprint density at radius 3 is 2.58 bits per heavy atom. The van der Waals surface area contributed by atoms with E-state index in [-0.39, 0.29) is 17.4 Å². The number of fused-ring (bicyclic) bond motifs is 2. The number of ether oxygens (including phenoxy) is 1. The summed E-state index contributed by atoms with van der Waals surface area (Å²) in [5.74, 6) is 6.03. The average molecular weight is 804 g/mol. The number of hydrogen-bond donors (Lipinski definition) is 5. The fourth-order valence-corrected chi connectivity index (χ4v) is 10.1. The van der Waals surface area contributed by atoms with Crippen molar-refractivity contribution in [3.63, 3.8) is 0 Å². The van der Waals surface area contributed by atoms with E-state index in [1.165, 1.54) is 45.4 Å². The number of aromatic nitrogens is 1. The monoisotopic (exact) mass is 803 g/mol. The molecule has 3 aromatic heterocycles. The third kappa shape index (κ3) is 8.36. The number of nitrogens with one attached hydrogen (secondary N) is 2. The van der Waals surface area contributed by atoms with Gasteiger partial charge in [0.2, 0.25) is 11.2 Å². The number of carbonyl (C=O) groups excluding carboxylic acids is 1. The molecule has 1 saturated heterocycles. The Labute approximate surface area is 332 Å². The van der Waals surface area contributed by atoms with Crippen LogP contribution in [0, 0.1) is 11.8 Å². The summed E-state index contributed by atoms with van der Waals surface area (Å²) in [7, 11) is 0. The van der Waals surface area contributed by atoms with Gasteiger partial charge < -0.3 is 35.8 Å². The summed E-state index contributed by atoms with van der Waals surface area (Å²) in [5.41, 5.74) is 11.6. The van der Waals surface area contributed by atoms with Gasteiger partial charge in [0.25, 0.3) is 0 Å². The summed E-state index contributed by atoms with van der Waals surface area (Å²) in [6.07, 6.45) is 5.61. The minimum absolute atomic E-state index is 0.224. The number of thiophene rings is 2. The number of benzene rings is 2. The molecule has 7 rings (SSSR count). The van der Waals surface area contributed by atoms with Crippen molar-refractivity contribution in [2.45, 2.75) is 70.1 Å². The number of rotatable bonds is 15. The number of nitroso groups, excluding NO2 is 1. The number of aliphatic hydroxyl groups is 1. The Hall–Kier alpha value is -4.15. The highest BCUT2D eigenvalue weighted by Crippen LogP contribution is 2.41. The molecule has 0 bridgehead atoms. The van der Waals surface area contributed by atoms with E-state index in [0.717, 1.165) is 66.8 Å². The maximum atomic E-state index is 13.6. The Kier molecular flexibility index (Phi) is 12.0. The summed E-state index contributed by atoms with van der Waals surface area (Å²) in [6, 6.07) is 15.8. The van der Waals surface area contributed by atoms with Crippen molar-refractivity contribution in [2.75, 3.05) is 43.5 Å². The number of piperidine rings is 1. The molecule has 4 heterocycles. The van der Waals surface area contributed by atoms with Gasteiger partial charge in [-0.3, -0.25) is 4.79 Å². The van der Waals surface area contributed by atoms with Gasteiger partial charge in [-0.25, -0.2) is 10.6 Å². The summed E-state index contributed by atoms with van der Waals surface area (Å²) in [4.78, 5) is 43.8. The second kappa shape index (κ2) is 16.9. The molecule has 2 aliphatic rings. The highest BCUT2D eigenvalue weighted by Gasteiger charge is 2.45. The molecule has 0 radical (unpaired) electrons. The first-order chi connectivity index (χ1) is 26.5. The van der Waals surface area contributed by atoms with Crippen LogP contribution in [0.25, 0.3) is 10.9 Å². The van der Waals surface area contributed by atoms with Crippen LogP contribution < -0.4 is 27.5 Å². The lowest BCUT2D eigenvalue weighted by Crippen LogP contribution is -2.43. The summed E-state index contributed by atoms with van der Waals surface area (Å²) in [6.45, 7) is 6.36. The number of H-pyrrole nitrogens is 1. The largest absolute Gasteiger partial charge is 0.460 e. The van der Waals surface area contributed by atoms with Gasteiger partial charge in [-0.15, -0.1) is 27.6 Å². The number of nitrogens with two attached hydrogens (primary N) is 2. The Morgan fingerprint density at radius 1 is 1.09 bits per heavy atom. The van der Waals surface area contributed by atoms with E-state index in [2.05, 4.69) is 26.4 Å². The van der Waals surface area contributed by atoms with E-state index < -0.39 is 11.6 Å². The van der Waals surface area contributed by atoms with Crippen LogP contribution in [0.4, 0.5) is 17.1 Å². The molecule has 5 aromatic rings. The minimum atomic E-state index is -1.89. The smallest absolute Gasteiger partial charge is 0.349 e. The van der Waals surface area contributed by atoms with Crippen molar-refractivity contribution in [2.24, 2.45) is 11.0 Å². The van der Waals surface area contributed by atoms with Gasteiger partial charge in [0.1, 0.15) is 11.8 Å². The molecule has 7 N–H and O–H groups in total. The molecule has 55 heavy (non-hydrogen) atoms. The fourth-order valence-electron chi connectivity index (χ4n) is 7.93. The number of halogens is 1. The number of aromatic amines is 1. The van der Waals surface area contributed by atoms with Gasteiger partial charge in [0, 0.05) is 42.5 Å². The van der Waals surface area contributed by atoms with E-state index in [1.807, 2.05) is 24.1 Å². The van der Waals surface area contributed by atoms with Crippen molar-refractivity contribution in [1.29, 1.82) is 0 Å². The summed E-state index contributed by atoms with van der Waals surface area (Å²) in [5, 5.41) is 21.0.